The Morgan fingerprint density at radius 3 is 2.32 bits per heavy atom. The summed E-state index contributed by atoms with van der Waals surface area (Å²) in [6.07, 6.45) is 2.50. The van der Waals surface area contributed by atoms with Crippen LogP contribution in [-0.4, -0.2) is 34.2 Å². The van der Waals surface area contributed by atoms with E-state index in [1.807, 2.05) is 0 Å². The van der Waals surface area contributed by atoms with E-state index in [0.29, 0.717) is 18.7 Å². The number of benzene rings is 2. The van der Waals surface area contributed by atoms with E-state index in [-0.39, 0.29) is 20.5 Å². The van der Waals surface area contributed by atoms with E-state index in [0.717, 1.165) is 25.3 Å². The summed E-state index contributed by atoms with van der Waals surface area (Å²) < 4.78 is 68.2. The zero-order chi connectivity index (χ0) is 20.5. The van der Waals surface area contributed by atoms with Crippen molar-refractivity contribution in [3.63, 3.8) is 0 Å². The second-order valence-corrected chi connectivity index (χ2v) is 10.6. The summed E-state index contributed by atoms with van der Waals surface area (Å²) in [5.74, 6) is -0.646. The van der Waals surface area contributed by atoms with Crippen LogP contribution < -0.4 is 4.72 Å². The van der Waals surface area contributed by atoms with Gasteiger partial charge >= 0.3 is 0 Å². The summed E-state index contributed by atoms with van der Waals surface area (Å²) in [7, 11) is -7.94. The van der Waals surface area contributed by atoms with Crippen LogP contribution in [0.2, 0.25) is 5.02 Å². The number of anilines is 1. The van der Waals surface area contributed by atoms with Crippen molar-refractivity contribution in [2.45, 2.75) is 36.0 Å². The van der Waals surface area contributed by atoms with Gasteiger partial charge in [0, 0.05) is 13.1 Å². The van der Waals surface area contributed by atoms with Crippen LogP contribution in [-0.2, 0) is 20.0 Å². The predicted octanol–water partition coefficient (Wildman–Crippen LogP) is 3.76. The SMILES string of the molecule is Cc1ccc(S(=O)(=O)Nc2ccc(Cl)c(S(=O)(=O)N3CCCCC3)c2)cc1F. The number of sulfonamides is 2. The van der Waals surface area contributed by atoms with Gasteiger partial charge in [0.2, 0.25) is 10.0 Å². The van der Waals surface area contributed by atoms with Crippen LogP contribution in [0.25, 0.3) is 0 Å². The highest BCUT2D eigenvalue weighted by Gasteiger charge is 2.28. The van der Waals surface area contributed by atoms with Gasteiger partial charge in [-0.2, -0.15) is 4.31 Å². The average molecular weight is 447 g/mol. The second-order valence-electron chi connectivity index (χ2n) is 6.63. The lowest BCUT2D eigenvalue weighted by Gasteiger charge is -2.26. The molecule has 3 rings (SSSR count). The van der Waals surface area contributed by atoms with Gasteiger partial charge in [0.1, 0.15) is 10.7 Å². The highest BCUT2D eigenvalue weighted by Crippen LogP contribution is 2.30. The molecule has 1 aliphatic heterocycles. The molecule has 0 aromatic heterocycles. The molecule has 0 aliphatic carbocycles. The number of aryl methyl sites for hydroxylation is 1. The maximum absolute atomic E-state index is 13.7. The third kappa shape index (κ3) is 4.32. The minimum Gasteiger partial charge on any atom is -0.280 e. The van der Waals surface area contributed by atoms with Crippen LogP contribution >= 0.6 is 11.6 Å². The van der Waals surface area contributed by atoms with Crippen LogP contribution in [0.1, 0.15) is 24.8 Å². The number of nitrogens with zero attached hydrogens (tertiary/aromatic N) is 1. The largest absolute Gasteiger partial charge is 0.280 e. The molecule has 0 spiro atoms. The first-order valence-electron chi connectivity index (χ1n) is 8.70. The van der Waals surface area contributed by atoms with Gasteiger partial charge in [-0.25, -0.2) is 21.2 Å². The molecule has 0 amide bonds. The summed E-state index contributed by atoms with van der Waals surface area (Å²) in [6.45, 7) is 2.32. The Labute approximate surface area is 169 Å². The summed E-state index contributed by atoms with van der Waals surface area (Å²) in [5.41, 5.74) is 0.348. The third-order valence-corrected chi connectivity index (χ3v) is 8.33. The normalized spacial score (nSPS) is 16.1. The van der Waals surface area contributed by atoms with Crippen LogP contribution in [0.5, 0.6) is 0 Å². The fraction of sp³-hybridized carbons (Fsp3) is 0.333. The van der Waals surface area contributed by atoms with Crippen molar-refractivity contribution in [3.05, 3.63) is 52.8 Å². The van der Waals surface area contributed by atoms with Crippen molar-refractivity contribution in [2.75, 3.05) is 17.8 Å². The number of piperidine rings is 1. The Morgan fingerprint density at radius 1 is 1.00 bits per heavy atom. The maximum Gasteiger partial charge on any atom is 0.261 e. The molecular formula is C18H20ClFN2O4S2. The molecule has 0 bridgehead atoms. The van der Waals surface area contributed by atoms with E-state index in [9.17, 15) is 21.2 Å². The van der Waals surface area contributed by atoms with Crippen LogP contribution in [0.4, 0.5) is 10.1 Å². The minimum absolute atomic E-state index is 0.00917. The molecule has 0 unspecified atom stereocenters. The van der Waals surface area contributed by atoms with Crippen molar-refractivity contribution < 1.29 is 21.2 Å². The van der Waals surface area contributed by atoms with Crippen molar-refractivity contribution >= 4 is 37.3 Å². The molecule has 1 heterocycles. The van der Waals surface area contributed by atoms with Crippen LogP contribution in [0.15, 0.2) is 46.2 Å². The highest BCUT2D eigenvalue weighted by molar-refractivity contribution is 7.92. The van der Waals surface area contributed by atoms with Gasteiger partial charge in [-0.1, -0.05) is 24.1 Å². The molecule has 1 fully saturated rings. The first-order chi connectivity index (χ1) is 13.1. The van der Waals surface area contributed by atoms with Gasteiger partial charge in [0.25, 0.3) is 10.0 Å². The molecule has 2 aromatic rings. The molecule has 0 radical (unpaired) electrons. The highest BCUT2D eigenvalue weighted by atomic mass is 35.5. The lowest BCUT2D eigenvalue weighted by Crippen LogP contribution is -2.35. The lowest BCUT2D eigenvalue weighted by molar-refractivity contribution is 0.346. The molecule has 10 heteroatoms. The van der Waals surface area contributed by atoms with Crippen molar-refractivity contribution in [1.29, 1.82) is 0 Å². The van der Waals surface area contributed by atoms with Crippen LogP contribution in [0.3, 0.4) is 0 Å². The Kier molecular flexibility index (Phi) is 6.00. The average Bonchev–Trinajstić information content (AvgIpc) is 2.66. The molecule has 1 N–H and O–H groups in total. The molecule has 0 atom stereocenters. The van der Waals surface area contributed by atoms with Crippen molar-refractivity contribution in [1.82, 2.24) is 4.31 Å². The molecule has 152 valence electrons. The Morgan fingerprint density at radius 2 is 1.68 bits per heavy atom. The summed E-state index contributed by atoms with van der Waals surface area (Å²) >= 11 is 6.09. The molecule has 2 aromatic carbocycles. The number of hydrogen-bond acceptors (Lipinski definition) is 4. The van der Waals surface area contributed by atoms with Gasteiger partial charge < -0.3 is 0 Å². The van der Waals surface area contributed by atoms with Gasteiger partial charge in [0.15, 0.2) is 0 Å². The maximum atomic E-state index is 13.7. The van der Waals surface area contributed by atoms with E-state index in [4.69, 9.17) is 11.6 Å². The van der Waals surface area contributed by atoms with E-state index in [1.54, 1.807) is 0 Å². The summed E-state index contributed by atoms with van der Waals surface area (Å²) in [6, 6.07) is 7.43. The Balaban J connectivity index is 1.93. The number of hydrogen-bond donors (Lipinski definition) is 1. The first-order valence-corrected chi connectivity index (χ1v) is 12.0. The molecular weight excluding hydrogens is 427 g/mol. The monoisotopic (exact) mass is 446 g/mol. The third-order valence-electron chi connectivity index (χ3n) is 4.57. The smallest absolute Gasteiger partial charge is 0.261 e. The fourth-order valence-corrected chi connectivity index (χ4v) is 6.04. The summed E-state index contributed by atoms with van der Waals surface area (Å²) in [4.78, 5) is -0.419. The van der Waals surface area contributed by atoms with Gasteiger partial charge in [-0.05, 0) is 55.7 Å². The molecule has 1 aliphatic rings. The van der Waals surface area contributed by atoms with E-state index >= 15 is 0 Å². The summed E-state index contributed by atoms with van der Waals surface area (Å²) in [5, 5.41) is 0.00917. The molecule has 6 nitrogen and oxygen atoms in total. The number of nitrogens with one attached hydrogen (secondary N) is 1. The topological polar surface area (TPSA) is 83.5 Å². The zero-order valence-electron chi connectivity index (χ0n) is 15.2. The molecule has 0 saturated carbocycles. The number of rotatable bonds is 5. The molecule has 1 saturated heterocycles. The zero-order valence-corrected chi connectivity index (χ0v) is 17.5. The standard InChI is InChI=1S/C18H20ClFN2O4S2/c1-13-5-7-15(12-17(13)20)27(23,24)21-14-6-8-16(19)18(11-14)28(25,26)22-9-3-2-4-10-22/h5-8,11-12,21H,2-4,9-10H2,1H3. The molecule has 28 heavy (non-hydrogen) atoms. The number of halogens is 2. The predicted molar refractivity (Wildman–Crippen MR) is 106 cm³/mol. The van der Waals surface area contributed by atoms with E-state index in [1.165, 1.54) is 41.6 Å². The Hall–Kier alpha value is -1.68. The van der Waals surface area contributed by atoms with Crippen LogP contribution in [0, 0.1) is 12.7 Å². The van der Waals surface area contributed by atoms with Gasteiger partial charge in [-0.3, -0.25) is 4.72 Å². The van der Waals surface area contributed by atoms with Crippen molar-refractivity contribution in [2.24, 2.45) is 0 Å². The first kappa shape index (κ1) is 21.0. The quantitative estimate of drug-likeness (QED) is 0.757. The van der Waals surface area contributed by atoms with Gasteiger partial charge in [0.05, 0.1) is 15.6 Å². The minimum atomic E-state index is -4.09. The van der Waals surface area contributed by atoms with Crippen molar-refractivity contribution in [3.8, 4) is 0 Å². The lowest BCUT2D eigenvalue weighted by atomic mass is 10.2. The van der Waals surface area contributed by atoms with E-state index < -0.39 is 25.9 Å². The van der Waals surface area contributed by atoms with E-state index in [2.05, 4.69) is 4.72 Å². The second kappa shape index (κ2) is 7.98. The van der Waals surface area contributed by atoms with Gasteiger partial charge in [-0.15, -0.1) is 0 Å². The Bertz CT molecular complexity index is 1100. The fourth-order valence-electron chi connectivity index (χ4n) is 2.96.